The molecule has 2 aliphatic rings. The maximum absolute atomic E-state index is 12.7. The van der Waals surface area contributed by atoms with E-state index in [9.17, 15) is 9.59 Å². The normalized spacial score (nSPS) is 17.4. The fraction of sp³-hybridized carbons (Fsp3) is 0.478. The molecule has 5 nitrogen and oxygen atoms in total. The second-order valence-corrected chi connectivity index (χ2v) is 7.87. The number of Topliss-reactive ketones (excluding diaryl/α,β-unsaturated/α-hetero) is 1. The van der Waals surface area contributed by atoms with Crippen molar-refractivity contribution < 1.29 is 14.3 Å². The summed E-state index contributed by atoms with van der Waals surface area (Å²) in [6.45, 7) is 4.19. The molecule has 0 radical (unpaired) electrons. The van der Waals surface area contributed by atoms with E-state index in [1.807, 2.05) is 25.1 Å². The van der Waals surface area contributed by atoms with Gasteiger partial charge in [0.15, 0.2) is 5.78 Å². The van der Waals surface area contributed by atoms with Crippen LogP contribution in [0.3, 0.4) is 0 Å². The topological polar surface area (TPSA) is 60.3 Å². The molecule has 1 aromatic carbocycles. The minimum Gasteiger partial charge on any atom is -0.381 e. The van der Waals surface area contributed by atoms with Crippen LogP contribution in [0.15, 0.2) is 30.3 Å². The van der Waals surface area contributed by atoms with Crippen LogP contribution in [-0.4, -0.2) is 35.5 Å². The molecule has 1 aromatic heterocycles. The van der Waals surface area contributed by atoms with Crippen molar-refractivity contribution in [2.75, 3.05) is 13.2 Å². The van der Waals surface area contributed by atoms with Gasteiger partial charge in [-0.05, 0) is 43.7 Å². The molecular weight excluding hydrogens is 352 g/mol. The smallest absolute Gasteiger partial charge is 0.224 e. The molecule has 1 amide bonds. The summed E-state index contributed by atoms with van der Waals surface area (Å²) in [5.74, 6) is 0.193. The third-order valence-electron chi connectivity index (χ3n) is 5.96. The van der Waals surface area contributed by atoms with Crippen molar-refractivity contribution in [3.05, 3.63) is 58.4 Å². The zero-order chi connectivity index (χ0) is 19.5. The maximum atomic E-state index is 12.7. The van der Waals surface area contributed by atoms with Gasteiger partial charge in [-0.2, -0.15) is 0 Å². The number of aromatic nitrogens is 1. The fourth-order valence-electron chi connectivity index (χ4n) is 4.46. The highest BCUT2D eigenvalue weighted by atomic mass is 16.5. The Morgan fingerprint density at radius 1 is 1.18 bits per heavy atom. The number of benzene rings is 1. The first-order valence-corrected chi connectivity index (χ1v) is 10.3. The Labute approximate surface area is 166 Å². The lowest BCUT2D eigenvalue weighted by molar-refractivity contribution is -0.121. The van der Waals surface area contributed by atoms with Crippen LogP contribution in [0.25, 0.3) is 0 Å². The fourth-order valence-corrected chi connectivity index (χ4v) is 4.46. The van der Waals surface area contributed by atoms with E-state index in [-0.39, 0.29) is 24.2 Å². The molecule has 0 saturated carbocycles. The van der Waals surface area contributed by atoms with Crippen molar-refractivity contribution in [2.45, 2.75) is 58.0 Å². The number of amides is 1. The third-order valence-corrected chi connectivity index (χ3v) is 5.96. The maximum Gasteiger partial charge on any atom is 0.224 e. The largest absolute Gasteiger partial charge is 0.381 e. The van der Waals surface area contributed by atoms with E-state index in [4.69, 9.17) is 4.74 Å². The van der Waals surface area contributed by atoms with E-state index in [0.29, 0.717) is 19.6 Å². The molecule has 28 heavy (non-hydrogen) atoms. The second-order valence-electron chi connectivity index (χ2n) is 7.87. The summed E-state index contributed by atoms with van der Waals surface area (Å²) in [5, 5.41) is 3.14. The average molecular weight is 380 g/mol. The molecule has 148 valence electrons. The van der Waals surface area contributed by atoms with Crippen molar-refractivity contribution >= 4 is 11.7 Å². The molecule has 1 aliphatic heterocycles. The van der Waals surface area contributed by atoms with Gasteiger partial charge in [-0.15, -0.1) is 0 Å². The Kier molecular flexibility index (Phi) is 5.62. The second kappa shape index (κ2) is 8.31. The minimum absolute atomic E-state index is 0.00744. The van der Waals surface area contributed by atoms with Crippen molar-refractivity contribution in [1.29, 1.82) is 0 Å². The first kappa shape index (κ1) is 18.9. The molecular formula is C23H28N2O3. The first-order chi connectivity index (χ1) is 13.6. The number of ether oxygens (including phenoxy) is 1. The van der Waals surface area contributed by atoms with Gasteiger partial charge in [0.25, 0.3) is 0 Å². The van der Waals surface area contributed by atoms with Crippen LogP contribution in [0.4, 0.5) is 0 Å². The first-order valence-electron chi connectivity index (χ1n) is 10.3. The summed E-state index contributed by atoms with van der Waals surface area (Å²) < 4.78 is 7.62. The molecule has 1 fully saturated rings. The SMILES string of the molecule is Cc1c(CC(=O)NC2CCOCC2)c2c(n1Cc1ccccc1)CCCC2=O. The Morgan fingerprint density at radius 3 is 2.68 bits per heavy atom. The number of fused-ring (bicyclic) bond motifs is 1. The molecule has 0 atom stereocenters. The Hall–Kier alpha value is -2.40. The van der Waals surface area contributed by atoms with Crippen LogP contribution in [0.1, 0.15) is 58.6 Å². The summed E-state index contributed by atoms with van der Waals surface area (Å²) in [6, 6.07) is 10.5. The van der Waals surface area contributed by atoms with Crippen molar-refractivity contribution in [2.24, 2.45) is 0 Å². The molecule has 0 spiro atoms. The lowest BCUT2D eigenvalue weighted by Crippen LogP contribution is -2.39. The number of nitrogens with zero attached hydrogens (tertiary/aromatic N) is 1. The summed E-state index contributed by atoms with van der Waals surface area (Å²) in [5.41, 5.74) is 5.08. The van der Waals surface area contributed by atoms with Crippen LogP contribution < -0.4 is 5.32 Å². The zero-order valence-corrected chi connectivity index (χ0v) is 16.5. The number of carbonyl (C=O) groups is 2. The Balaban J connectivity index is 1.61. The molecule has 0 unspecified atom stereocenters. The molecule has 4 rings (SSSR count). The molecule has 2 aromatic rings. The van der Waals surface area contributed by atoms with Gasteiger partial charge < -0.3 is 14.6 Å². The summed E-state index contributed by atoms with van der Waals surface area (Å²) in [7, 11) is 0. The molecule has 1 saturated heterocycles. The number of nitrogens with one attached hydrogen (secondary N) is 1. The van der Waals surface area contributed by atoms with Gasteiger partial charge in [-0.1, -0.05) is 30.3 Å². The zero-order valence-electron chi connectivity index (χ0n) is 16.5. The number of hydrogen-bond acceptors (Lipinski definition) is 3. The number of carbonyl (C=O) groups excluding carboxylic acids is 2. The standard InChI is InChI=1S/C23H28N2O3/c1-16-19(14-22(27)24-18-10-12-28-13-11-18)23-20(8-5-9-21(23)26)25(16)15-17-6-3-2-4-7-17/h2-4,6-7,18H,5,8-15H2,1H3,(H,24,27). The minimum atomic E-state index is 0.00744. The lowest BCUT2D eigenvalue weighted by atomic mass is 9.92. The quantitative estimate of drug-likeness (QED) is 0.867. The van der Waals surface area contributed by atoms with Crippen LogP contribution in [0.5, 0.6) is 0 Å². The monoisotopic (exact) mass is 380 g/mol. The summed E-state index contributed by atoms with van der Waals surface area (Å²) in [4.78, 5) is 25.5. The molecule has 2 heterocycles. The van der Waals surface area contributed by atoms with Crippen LogP contribution in [0, 0.1) is 6.92 Å². The highest BCUT2D eigenvalue weighted by Crippen LogP contribution is 2.31. The summed E-state index contributed by atoms with van der Waals surface area (Å²) >= 11 is 0. The lowest BCUT2D eigenvalue weighted by Gasteiger charge is -2.23. The number of ketones is 1. The van der Waals surface area contributed by atoms with Gasteiger partial charge in [0.2, 0.25) is 5.91 Å². The van der Waals surface area contributed by atoms with Crippen molar-refractivity contribution in [3.8, 4) is 0 Å². The van der Waals surface area contributed by atoms with E-state index < -0.39 is 0 Å². The number of hydrogen-bond donors (Lipinski definition) is 1. The van der Waals surface area contributed by atoms with Gasteiger partial charge in [-0.3, -0.25) is 9.59 Å². The molecule has 0 bridgehead atoms. The molecule has 1 aliphatic carbocycles. The van der Waals surface area contributed by atoms with Gasteiger partial charge in [-0.25, -0.2) is 0 Å². The van der Waals surface area contributed by atoms with Crippen LogP contribution >= 0.6 is 0 Å². The van der Waals surface area contributed by atoms with Gasteiger partial charge in [0.05, 0.1) is 6.42 Å². The van der Waals surface area contributed by atoms with Crippen LogP contribution in [-0.2, 0) is 28.9 Å². The Morgan fingerprint density at radius 2 is 1.93 bits per heavy atom. The van der Waals surface area contributed by atoms with E-state index in [1.54, 1.807) is 0 Å². The summed E-state index contributed by atoms with van der Waals surface area (Å²) in [6.07, 6.45) is 4.36. The van der Waals surface area contributed by atoms with E-state index >= 15 is 0 Å². The van der Waals surface area contributed by atoms with Gasteiger partial charge in [0.1, 0.15) is 0 Å². The predicted molar refractivity (Wildman–Crippen MR) is 108 cm³/mol. The van der Waals surface area contributed by atoms with E-state index in [1.165, 1.54) is 5.56 Å². The van der Waals surface area contributed by atoms with Gasteiger partial charge >= 0.3 is 0 Å². The van der Waals surface area contributed by atoms with E-state index in [0.717, 1.165) is 54.7 Å². The van der Waals surface area contributed by atoms with Crippen LogP contribution in [0.2, 0.25) is 0 Å². The highest BCUT2D eigenvalue weighted by Gasteiger charge is 2.29. The number of rotatable bonds is 5. The van der Waals surface area contributed by atoms with Crippen molar-refractivity contribution in [1.82, 2.24) is 9.88 Å². The van der Waals surface area contributed by atoms with Gasteiger partial charge in [0, 0.05) is 49.2 Å². The molecule has 1 N–H and O–H groups in total. The predicted octanol–water partition coefficient (Wildman–Crippen LogP) is 3.20. The van der Waals surface area contributed by atoms with E-state index in [2.05, 4.69) is 22.0 Å². The molecule has 5 heteroatoms. The Bertz CT molecular complexity index is 864. The van der Waals surface area contributed by atoms with Crippen molar-refractivity contribution in [3.63, 3.8) is 0 Å². The highest BCUT2D eigenvalue weighted by molar-refractivity contribution is 6.01. The average Bonchev–Trinajstić information content (AvgIpc) is 2.96. The third kappa shape index (κ3) is 3.90.